The zero-order valence-electron chi connectivity index (χ0n) is 7.03. The highest BCUT2D eigenvalue weighted by Crippen LogP contribution is 2.53. The summed E-state index contributed by atoms with van der Waals surface area (Å²) in [6, 6.07) is 0. The Labute approximate surface area is 76.7 Å². The predicted molar refractivity (Wildman–Crippen MR) is 60.0 cm³/mol. The van der Waals surface area contributed by atoms with Gasteiger partial charge in [0.25, 0.3) is 0 Å². The van der Waals surface area contributed by atoms with Crippen molar-refractivity contribution in [1.82, 2.24) is 0 Å². The third-order valence-corrected chi connectivity index (χ3v) is 5.76. The van der Waals surface area contributed by atoms with Crippen LogP contribution in [0.25, 0.3) is 0 Å². The van der Waals surface area contributed by atoms with Crippen LogP contribution in [0.15, 0.2) is 0 Å². The van der Waals surface area contributed by atoms with Gasteiger partial charge in [-0.05, 0) is 0 Å². The van der Waals surface area contributed by atoms with Crippen LogP contribution in [0.1, 0.15) is 0 Å². The number of hydrogen-bond donors (Lipinski definition) is 3. The minimum absolute atomic E-state index is 0. The molecular weight excluding hydrogens is 174 g/mol. The van der Waals surface area contributed by atoms with Gasteiger partial charge in [0.15, 0.2) is 0 Å². The molecule has 0 aliphatic rings. The molecule has 0 unspecified atom stereocenters. The third kappa shape index (κ3) is 5.95. The second-order valence-electron chi connectivity index (χ2n) is 2.96. The number of aliphatic hydroxyl groups excluding tert-OH is 3. The van der Waals surface area contributed by atoms with Gasteiger partial charge in [-0.25, -0.2) is 0 Å². The van der Waals surface area contributed by atoms with Gasteiger partial charge in [0.1, 0.15) is 0 Å². The zero-order valence-corrected chi connectivity index (χ0v) is 7.93. The Kier molecular flexibility index (Phi) is 9.91. The van der Waals surface area contributed by atoms with E-state index in [2.05, 4.69) is 6.66 Å². The fraction of sp³-hybridized carbons (Fsp3) is 1.00. The summed E-state index contributed by atoms with van der Waals surface area (Å²) in [5.41, 5.74) is 0. The van der Waals surface area contributed by atoms with E-state index in [0.29, 0.717) is 0 Å². The molecule has 5 heteroatoms. The highest BCUT2D eigenvalue weighted by molar-refractivity contribution is 7.75. The van der Waals surface area contributed by atoms with Gasteiger partial charge >= 0.3 is 0 Å². The molecule has 0 atom stereocenters. The first-order chi connectivity index (χ1) is 5.18. The molecule has 0 saturated heterocycles. The molecule has 0 aliphatic carbocycles. The molecule has 0 spiro atoms. The Hall–Kier alpha value is 0.375. The normalized spacial score (nSPS) is 11.0. The Morgan fingerprint density at radius 2 is 1.08 bits per heavy atom. The van der Waals surface area contributed by atoms with E-state index in [1.807, 2.05) is 0 Å². The number of hydrogen-bond acceptors (Lipinski definition) is 3. The molecule has 0 aromatic rings. The molecule has 0 rings (SSSR count). The number of aliphatic hydroxyl groups is 3. The molecule has 0 aliphatic heterocycles. The predicted octanol–water partition coefficient (Wildman–Crippen LogP) is -1.84. The second kappa shape index (κ2) is 8.00. The molecule has 3 N–H and O–H groups in total. The molecule has 0 aromatic heterocycles. The Bertz CT molecular complexity index is 85.6. The van der Waals surface area contributed by atoms with E-state index >= 15 is 0 Å². The van der Waals surface area contributed by atoms with Gasteiger partial charge in [0.2, 0.25) is 0 Å². The molecule has 0 amide bonds. The van der Waals surface area contributed by atoms with Crippen molar-refractivity contribution < 1.29 is 15.3 Å². The summed E-state index contributed by atoms with van der Waals surface area (Å²) < 4.78 is 0. The first-order valence-electron chi connectivity index (χ1n) is 3.84. The van der Waals surface area contributed by atoms with Crippen LogP contribution >= 0.6 is 7.26 Å². The van der Waals surface area contributed by atoms with Gasteiger partial charge in [0, 0.05) is 13.9 Å². The quantitative estimate of drug-likeness (QED) is 0.345. The fourth-order valence-electron chi connectivity index (χ4n) is 1.06. The van der Waals surface area contributed by atoms with Crippen molar-refractivity contribution in [3.8, 4) is 0 Å². The second-order valence-corrected chi connectivity index (χ2v) is 7.54. The SMILES string of the molecule is C[P+](CCO)(CCO)CCO.[BH4-]. The Morgan fingerprint density at radius 1 is 0.833 bits per heavy atom. The van der Waals surface area contributed by atoms with Gasteiger partial charge in [-0.2, -0.15) is 0 Å². The molecule has 0 heterocycles. The average Bonchev–Trinajstić information content (AvgIpc) is 1.88. The van der Waals surface area contributed by atoms with Crippen LogP contribution in [-0.4, -0.2) is 68.7 Å². The summed E-state index contributed by atoms with van der Waals surface area (Å²) in [6.45, 7) is 2.59. The lowest BCUT2D eigenvalue weighted by molar-refractivity contribution is 0.308. The van der Waals surface area contributed by atoms with Crippen LogP contribution in [0.2, 0.25) is 0 Å². The molecule has 76 valence electrons. The van der Waals surface area contributed by atoms with Gasteiger partial charge in [-0.15, -0.1) is 0 Å². The first kappa shape index (κ1) is 14.9. The first-order valence-corrected chi connectivity index (χ1v) is 6.64. The highest BCUT2D eigenvalue weighted by atomic mass is 31.2. The lowest BCUT2D eigenvalue weighted by Gasteiger charge is -2.19. The van der Waals surface area contributed by atoms with Crippen molar-refractivity contribution in [3.05, 3.63) is 0 Å². The smallest absolute Gasteiger partial charge is 0.0824 e. The molecular formula is C7H22BO3P. The topological polar surface area (TPSA) is 60.7 Å². The molecule has 3 nitrogen and oxygen atoms in total. The minimum Gasteiger partial charge on any atom is -0.393 e. The monoisotopic (exact) mass is 196 g/mol. The molecule has 0 fully saturated rings. The van der Waals surface area contributed by atoms with Crippen molar-refractivity contribution in [2.24, 2.45) is 0 Å². The summed E-state index contributed by atoms with van der Waals surface area (Å²) in [5, 5.41) is 26.2. The van der Waals surface area contributed by atoms with E-state index in [1.54, 1.807) is 0 Å². The maximum absolute atomic E-state index is 8.72. The molecule has 0 bridgehead atoms. The molecule has 0 saturated carbocycles. The zero-order chi connectivity index (χ0) is 8.74. The Morgan fingerprint density at radius 3 is 1.25 bits per heavy atom. The van der Waals surface area contributed by atoms with Crippen LogP contribution < -0.4 is 0 Å². The van der Waals surface area contributed by atoms with Gasteiger partial charge in [0.05, 0.1) is 38.3 Å². The summed E-state index contributed by atoms with van der Waals surface area (Å²) in [5.74, 6) is 0. The summed E-state index contributed by atoms with van der Waals surface area (Å²) in [7, 11) is -1.22. The van der Waals surface area contributed by atoms with Crippen LogP contribution in [0.5, 0.6) is 0 Å². The van der Waals surface area contributed by atoms with Gasteiger partial charge in [-0.3, -0.25) is 0 Å². The van der Waals surface area contributed by atoms with Crippen molar-refractivity contribution >= 4 is 15.7 Å². The maximum atomic E-state index is 8.72. The van der Waals surface area contributed by atoms with Crippen molar-refractivity contribution in [2.75, 3.05) is 45.0 Å². The molecule has 0 aromatic carbocycles. The standard InChI is InChI=1S/C7H18O3P.BH4/c1-11(5-2-8,6-3-9)7-4-10;/h8-10H,2-7H2,1H3;1H4/q+1;-1. The summed E-state index contributed by atoms with van der Waals surface area (Å²) in [6.07, 6.45) is 2.27. The average molecular weight is 196 g/mol. The maximum Gasteiger partial charge on any atom is 0.0824 e. The van der Waals surface area contributed by atoms with E-state index in [0.717, 1.165) is 18.5 Å². The number of rotatable bonds is 6. The fourth-order valence-corrected chi connectivity index (χ4v) is 3.18. The minimum atomic E-state index is -1.22. The molecule has 0 radical (unpaired) electrons. The lowest BCUT2D eigenvalue weighted by Crippen LogP contribution is -2.13. The summed E-state index contributed by atoms with van der Waals surface area (Å²) in [4.78, 5) is 0. The van der Waals surface area contributed by atoms with Crippen molar-refractivity contribution in [2.45, 2.75) is 0 Å². The third-order valence-electron chi connectivity index (χ3n) is 1.92. The van der Waals surface area contributed by atoms with E-state index in [9.17, 15) is 0 Å². The largest absolute Gasteiger partial charge is 0.393 e. The van der Waals surface area contributed by atoms with E-state index in [1.165, 1.54) is 0 Å². The van der Waals surface area contributed by atoms with E-state index in [-0.39, 0.29) is 28.2 Å². The van der Waals surface area contributed by atoms with Crippen molar-refractivity contribution in [1.29, 1.82) is 0 Å². The van der Waals surface area contributed by atoms with Crippen LogP contribution in [0, 0.1) is 0 Å². The molecule has 12 heavy (non-hydrogen) atoms. The van der Waals surface area contributed by atoms with Crippen LogP contribution in [0.3, 0.4) is 0 Å². The lowest BCUT2D eigenvalue weighted by atomic mass is 10.8. The highest BCUT2D eigenvalue weighted by Gasteiger charge is 2.29. The van der Waals surface area contributed by atoms with E-state index < -0.39 is 7.26 Å². The van der Waals surface area contributed by atoms with Crippen molar-refractivity contribution in [3.63, 3.8) is 0 Å². The van der Waals surface area contributed by atoms with E-state index in [4.69, 9.17) is 15.3 Å². The summed E-state index contributed by atoms with van der Waals surface area (Å²) >= 11 is 0. The van der Waals surface area contributed by atoms with Gasteiger partial charge in [-0.1, -0.05) is 8.41 Å². The van der Waals surface area contributed by atoms with Gasteiger partial charge < -0.3 is 15.3 Å². The van der Waals surface area contributed by atoms with Crippen LogP contribution in [0.4, 0.5) is 0 Å². The van der Waals surface area contributed by atoms with Crippen LogP contribution in [-0.2, 0) is 0 Å². The Balaban J connectivity index is 0.